The van der Waals surface area contributed by atoms with Crippen molar-refractivity contribution in [2.75, 3.05) is 81.0 Å². The molecule has 0 aromatic heterocycles. The minimum atomic E-state index is -1.08. The van der Waals surface area contributed by atoms with Gasteiger partial charge in [0, 0.05) is 64.1 Å². The summed E-state index contributed by atoms with van der Waals surface area (Å²) in [4.78, 5) is 36.4. The molecule has 0 atom stereocenters. The number of carboxylic acids is 2. The fraction of sp³-hybridized carbons (Fsp3) is 0.471. The number of aliphatic carboxylic acids is 2. The Morgan fingerprint density at radius 2 is 0.719 bits per heavy atom. The molecule has 2 radical (unpaired) electrons. The van der Waals surface area contributed by atoms with Crippen LogP contribution in [-0.4, -0.2) is 149 Å². The fourth-order valence-electron chi connectivity index (χ4n) is 2.92. The Hall–Kier alpha value is -4.09. The summed E-state index contributed by atoms with van der Waals surface area (Å²) in [6.45, 7) is 5.88. The molecule has 2 aromatic carbocycles. The van der Waals surface area contributed by atoms with Crippen LogP contribution in [0.25, 0.3) is 31.9 Å². The van der Waals surface area contributed by atoms with Gasteiger partial charge in [-0.25, -0.2) is 0 Å². The van der Waals surface area contributed by atoms with Crippen LogP contribution in [0, 0.1) is 13.8 Å². The Bertz CT molecular complexity index is 1280. The van der Waals surface area contributed by atoms with Crippen LogP contribution in [0.5, 0.6) is 11.5 Å². The van der Waals surface area contributed by atoms with E-state index >= 15 is 0 Å². The van der Waals surface area contributed by atoms with Crippen LogP contribution < -0.4 is 40.9 Å². The Balaban J connectivity index is -0.0000000422. The molecule has 0 aliphatic rings. The molecule has 0 heterocycles. The summed E-state index contributed by atoms with van der Waals surface area (Å²) in [6.07, 6.45) is 5.76. The molecule has 0 saturated heterocycles. The number of hydrogen-bond acceptors (Lipinski definition) is 18. The molecule has 0 spiro atoms. The number of carbonyl (C=O) groups is 2. The van der Waals surface area contributed by atoms with E-state index in [1.807, 2.05) is 13.8 Å². The van der Waals surface area contributed by atoms with Gasteiger partial charge in [0.2, 0.25) is 0 Å². The van der Waals surface area contributed by atoms with Gasteiger partial charge in [0.05, 0.1) is 26.3 Å². The van der Waals surface area contributed by atoms with Crippen LogP contribution >= 0.6 is 0 Å². The molecule has 0 aliphatic heterocycles. The first-order valence-electron chi connectivity index (χ1n) is 15.7. The predicted molar refractivity (Wildman–Crippen MR) is 212 cm³/mol. The van der Waals surface area contributed by atoms with E-state index in [1.54, 1.807) is 24.3 Å². The van der Waals surface area contributed by atoms with Gasteiger partial charge in [0.25, 0.3) is 0 Å². The van der Waals surface area contributed by atoms with E-state index < -0.39 is 11.9 Å². The number of carboxylic acid groups (broad SMARTS) is 2. The second kappa shape index (κ2) is 86.1. The molecule has 0 bridgehead atoms. The van der Waals surface area contributed by atoms with Crippen LogP contribution in [-0.2, 0) is 76.7 Å². The molecule has 30 heteroatoms. The van der Waals surface area contributed by atoms with Gasteiger partial charge in [-0.05, 0) is 61.1 Å². The number of aliphatic imine (C=N–C) groups is 4. The molecule has 0 unspecified atom stereocenters. The van der Waals surface area contributed by atoms with Gasteiger partial charge in [-0.2, -0.15) is 14.2 Å². The van der Waals surface area contributed by atoms with E-state index in [1.165, 1.54) is 34.7 Å². The number of rotatable bonds is 12. The van der Waals surface area contributed by atoms with Gasteiger partial charge in [0.15, 0.2) is 0 Å². The maximum Gasteiger partial charge on any atom is 3.00 e. The number of nitrogens with zero attached hydrogens (tertiary/aromatic N) is 10. The van der Waals surface area contributed by atoms with Crippen LogP contribution in [0.3, 0.4) is 0 Å². The Morgan fingerprint density at radius 3 is 0.859 bits per heavy atom. The third-order valence-electron chi connectivity index (χ3n) is 4.40. The number of hydrogen-bond donors (Lipinski definition) is 4. The summed E-state index contributed by atoms with van der Waals surface area (Å²) in [5.74, 6) is -2.51. The average molecular weight is 1100 g/mol. The molecular formula is C34H56Co4N10O16. The predicted octanol–water partition coefficient (Wildman–Crippen LogP) is -6.73. The molecular weight excluding hydrogens is 1040 g/mol. The smallest absolute Gasteiger partial charge is 0.872 e. The van der Waals surface area contributed by atoms with E-state index in [9.17, 15) is 20.4 Å². The summed E-state index contributed by atoms with van der Waals surface area (Å²) >= 11 is 0. The minimum absolute atomic E-state index is 0. The van der Waals surface area contributed by atoms with Crippen molar-refractivity contribution < 1.29 is 149 Å². The first-order valence-corrected chi connectivity index (χ1v) is 15.7. The zero-order valence-corrected chi connectivity index (χ0v) is 40.1. The normalized spacial score (nSPS) is 8.00. The SMILES string of the molecule is CC(=O)[O-].CC(=O)[O-].CO.CO.C[O-].C[O-].Cc1cc(C=NCC[O-])c([O-])c(C=NCCO)c1.Cc1cc(C=NCC[O-])c([O-])c(C=NCCO)c1.O.O.[Co+2].[Co+2].[Co+3].[Co+3].[N-]=[N+]=[N-].[N-]=[N+]=[N-]. The molecule has 0 saturated carbocycles. The van der Waals surface area contributed by atoms with Crippen molar-refractivity contribution >= 4 is 36.8 Å². The van der Waals surface area contributed by atoms with E-state index in [2.05, 4.69) is 20.0 Å². The number of aliphatic hydroxyl groups is 4. The van der Waals surface area contributed by atoms with Crippen LogP contribution in [0.2, 0.25) is 0 Å². The summed E-state index contributed by atoms with van der Waals surface area (Å²) in [5, 5.41) is 110. The first kappa shape index (κ1) is 98.6. The topological polar surface area (TPSA) is 529 Å². The number of benzene rings is 2. The van der Waals surface area contributed by atoms with Gasteiger partial charge in [-0.1, -0.05) is 35.8 Å². The van der Waals surface area contributed by atoms with Gasteiger partial charge < -0.3 is 104 Å². The molecule has 0 amide bonds. The monoisotopic (exact) mass is 1100 g/mol. The summed E-state index contributed by atoms with van der Waals surface area (Å²) in [6, 6.07) is 6.91. The average Bonchev–Trinajstić information content (AvgIpc) is 3.19. The summed E-state index contributed by atoms with van der Waals surface area (Å²) < 4.78 is 0. The minimum Gasteiger partial charge on any atom is -0.872 e. The maximum absolute atomic E-state index is 12.0. The van der Waals surface area contributed by atoms with Crippen molar-refractivity contribution in [1.82, 2.24) is 0 Å². The molecule has 0 fully saturated rings. The molecule has 26 nitrogen and oxygen atoms in total. The van der Waals surface area contributed by atoms with Gasteiger partial charge >= 0.3 is 67.1 Å². The van der Waals surface area contributed by atoms with E-state index in [4.69, 9.17) is 72.6 Å². The molecule has 8 N–H and O–H groups in total. The van der Waals surface area contributed by atoms with Crippen molar-refractivity contribution in [2.45, 2.75) is 27.7 Å². The molecule has 0 aliphatic carbocycles. The van der Waals surface area contributed by atoms with Gasteiger partial charge in [-0.3, -0.25) is 29.8 Å². The van der Waals surface area contributed by atoms with Crippen LogP contribution in [0.1, 0.15) is 47.2 Å². The standard InChI is InChI=1S/2C13H17N2O3.2C2H4O2.2CH4O.2CH3O.4Co.2N3.2H2O/c2*1-10-6-11(8-14-2-4-16)13(18)12(7-10)9-15-3-5-17;2*1-2(3)4;4*1-2;;;;;2*1-3-2;;/h2*6-9,16,18H,2-5H2,1H3;2*1H3,(H,3,4);2*2H,1H3;2*1H3;;;;;;;2*1H2/q2*-1;;;;;2*-1;2*+2;2*+3;2*-1;;/p-4. The molecule has 2 rings (SSSR count). The van der Waals surface area contributed by atoms with E-state index in [0.717, 1.165) is 53.4 Å². The summed E-state index contributed by atoms with van der Waals surface area (Å²) in [5.41, 5.74) is 30.7. The quantitative estimate of drug-likeness (QED) is 0.0665. The second-order valence-electron chi connectivity index (χ2n) is 8.70. The first-order chi connectivity index (χ1) is 27.7. The molecule has 374 valence electrons. The largest absolute Gasteiger partial charge is 3.00 e. The van der Waals surface area contributed by atoms with Crippen molar-refractivity contribution in [3.05, 3.63) is 89.6 Å². The van der Waals surface area contributed by atoms with Crippen molar-refractivity contribution in [3.63, 3.8) is 0 Å². The maximum atomic E-state index is 12.0. The second-order valence-corrected chi connectivity index (χ2v) is 8.70. The van der Waals surface area contributed by atoms with E-state index in [-0.39, 0.29) is 142 Å². The Morgan fingerprint density at radius 1 is 0.562 bits per heavy atom. The Kier molecular flexibility index (Phi) is 133. The molecule has 64 heavy (non-hydrogen) atoms. The zero-order chi connectivity index (χ0) is 47.3. The number of aryl methyl sites for hydroxylation is 2. The van der Waals surface area contributed by atoms with Gasteiger partial charge in [0.1, 0.15) is 0 Å². The summed E-state index contributed by atoms with van der Waals surface area (Å²) in [7, 11) is 3.50. The van der Waals surface area contributed by atoms with Gasteiger partial charge in [-0.15, -0.1) is 13.2 Å². The van der Waals surface area contributed by atoms with Crippen LogP contribution in [0.4, 0.5) is 0 Å². The number of aliphatic hydroxyl groups excluding tert-OH is 4. The van der Waals surface area contributed by atoms with Crippen LogP contribution in [0.15, 0.2) is 44.2 Å². The zero-order valence-electron chi connectivity index (χ0n) is 36.0. The molecule has 2 aromatic rings. The third kappa shape index (κ3) is 81.7. The van der Waals surface area contributed by atoms with E-state index in [0.29, 0.717) is 22.3 Å². The third-order valence-corrected chi connectivity index (χ3v) is 4.40. The number of carbonyl (C=O) groups excluding carboxylic acids is 2. The fourth-order valence-corrected chi connectivity index (χ4v) is 2.92. The van der Waals surface area contributed by atoms with Crippen molar-refractivity contribution in [2.24, 2.45) is 20.0 Å². The van der Waals surface area contributed by atoms with Crippen molar-refractivity contribution in [3.8, 4) is 11.5 Å². The van der Waals surface area contributed by atoms with Crippen molar-refractivity contribution in [1.29, 1.82) is 0 Å². The Labute approximate surface area is 413 Å².